The van der Waals surface area contributed by atoms with Crippen LogP contribution in [0.25, 0.3) is 0 Å². The Balaban J connectivity index is 2.06. The van der Waals surface area contributed by atoms with Crippen molar-refractivity contribution in [2.75, 3.05) is 23.7 Å². The maximum Gasteiger partial charge on any atom is 0.134 e. The first kappa shape index (κ1) is 10.2. The summed E-state index contributed by atoms with van der Waals surface area (Å²) in [5, 5.41) is 0. The minimum Gasteiger partial charge on any atom is -0.384 e. The Bertz CT molecular complexity index is 305. The molecule has 0 unspecified atom stereocenters. The number of hydrogen-bond acceptors (Lipinski definition) is 4. The Kier molecular flexibility index (Phi) is 3.37. The third kappa shape index (κ3) is 2.81. The van der Waals surface area contributed by atoms with Gasteiger partial charge >= 0.3 is 0 Å². The standard InChI is InChI=1S/C11H18N4/c12-10-8-11(14-9-13-10)15-6-4-2-1-3-5-7-15/h8-9H,1-7H2,(H2,12,13,14). The Morgan fingerprint density at radius 1 is 1.00 bits per heavy atom. The maximum atomic E-state index is 5.66. The Morgan fingerprint density at radius 2 is 1.67 bits per heavy atom. The summed E-state index contributed by atoms with van der Waals surface area (Å²) < 4.78 is 0. The van der Waals surface area contributed by atoms with Crippen LogP contribution in [0.4, 0.5) is 11.6 Å². The fourth-order valence-electron chi connectivity index (χ4n) is 2.01. The first-order chi connectivity index (χ1) is 7.36. The zero-order valence-corrected chi connectivity index (χ0v) is 9.02. The van der Waals surface area contributed by atoms with Gasteiger partial charge in [0.2, 0.25) is 0 Å². The second kappa shape index (κ2) is 4.96. The molecule has 4 nitrogen and oxygen atoms in total. The molecule has 1 saturated heterocycles. The first-order valence-electron chi connectivity index (χ1n) is 5.69. The predicted octanol–water partition coefficient (Wildman–Crippen LogP) is 1.83. The molecule has 0 atom stereocenters. The molecule has 4 heteroatoms. The molecule has 1 aromatic rings. The minimum atomic E-state index is 0.557. The van der Waals surface area contributed by atoms with E-state index in [1.54, 1.807) is 6.33 Å². The molecule has 82 valence electrons. The molecule has 15 heavy (non-hydrogen) atoms. The average Bonchev–Trinajstić information content (AvgIpc) is 2.16. The molecule has 1 aromatic heterocycles. The van der Waals surface area contributed by atoms with Gasteiger partial charge in [0.1, 0.15) is 18.0 Å². The molecule has 2 N–H and O–H groups in total. The molecule has 0 saturated carbocycles. The van der Waals surface area contributed by atoms with Gasteiger partial charge in [-0.05, 0) is 12.8 Å². The molecular weight excluding hydrogens is 188 g/mol. The smallest absolute Gasteiger partial charge is 0.134 e. The van der Waals surface area contributed by atoms with E-state index < -0.39 is 0 Å². The molecule has 1 aliphatic heterocycles. The summed E-state index contributed by atoms with van der Waals surface area (Å²) in [5.41, 5.74) is 5.66. The van der Waals surface area contributed by atoms with Crippen molar-refractivity contribution in [3.05, 3.63) is 12.4 Å². The molecule has 1 fully saturated rings. The highest BCUT2D eigenvalue weighted by molar-refractivity contribution is 5.45. The van der Waals surface area contributed by atoms with Crippen molar-refractivity contribution < 1.29 is 0 Å². The summed E-state index contributed by atoms with van der Waals surface area (Å²) in [4.78, 5) is 10.5. The third-order valence-electron chi connectivity index (χ3n) is 2.85. The van der Waals surface area contributed by atoms with Crippen molar-refractivity contribution in [1.29, 1.82) is 0 Å². The highest BCUT2D eigenvalue weighted by Crippen LogP contribution is 2.17. The van der Waals surface area contributed by atoms with Gasteiger partial charge in [0.05, 0.1) is 0 Å². The second-order valence-electron chi connectivity index (χ2n) is 4.06. The van der Waals surface area contributed by atoms with E-state index in [9.17, 15) is 0 Å². The van der Waals surface area contributed by atoms with Crippen molar-refractivity contribution in [3.63, 3.8) is 0 Å². The van der Waals surface area contributed by atoms with Gasteiger partial charge in [-0.2, -0.15) is 0 Å². The predicted molar refractivity (Wildman–Crippen MR) is 61.7 cm³/mol. The number of rotatable bonds is 1. The van der Waals surface area contributed by atoms with Crippen LogP contribution in [0.1, 0.15) is 32.1 Å². The second-order valence-corrected chi connectivity index (χ2v) is 4.06. The molecule has 0 aromatic carbocycles. The molecule has 0 aliphatic carbocycles. The zero-order chi connectivity index (χ0) is 10.5. The van der Waals surface area contributed by atoms with Crippen LogP contribution in [0.2, 0.25) is 0 Å². The van der Waals surface area contributed by atoms with Crippen LogP contribution in [-0.4, -0.2) is 23.1 Å². The van der Waals surface area contributed by atoms with E-state index in [1.807, 2.05) is 6.07 Å². The number of nitrogens with zero attached hydrogens (tertiary/aromatic N) is 3. The van der Waals surface area contributed by atoms with Gasteiger partial charge in [0.15, 0.2) is 0 Å². The van der Waals surface area contributed by atoms with E-state index in [0.717, 1.165) is 18.9 Å². The fourth-order valence-corrected chi connectivity index (χ4v) is 2.01. The number of hydrogen-bond donors (Lipinski definition) is 1. The zero-order valence-electron chi connectivity index (χ0n) is 9.02. The van der Waals surface area contributed by atoms with E-state index in [0.29, 0.717) is 5.82 Å². The monoisotopic (exact) mass is 206 g/mol. The van der Waals surface area contributed by atoms with Gasteiger partial charge in [-0.25, -0.2) is 9.97 Å². The van der Waals surface area contributed by atoms with Crippen molar-refractivity contribution in [1.82, 2.24) is 9.97 Å². The highest BCUT2D eigenvalue weighted by Gasteiger charge is 2.10. The van der Waals surface area contributed by atoms with E-state index in [2.05, 4.69) is 14.9 Å². The Hall–Kier alpha value is -1.32. The minimum absolute atomic E-state index is 0.557. The average molecular weight is 206 g/mol. The molecule has 0 amide bonds. The van der Waals surface area contributed by atoms with Crippen molar-refractivity contribution in [3.8, 4) is 0 Å². The van der Waals surface area contributed by atoms with Crippen molar-refractivity contribution in [2.45, 2.75) is 32.1 Å². The van der Waals surface area contributed by atoms with E-state index >= 15 is 0 Å². The van der Waals surface area contributed by atoms with Crippen LogP contribution in [0.5, 0.6) is 0 Å². The van der Waals surface area contributed by atoms with Crippen molar-refractivity contribution in [2.24, 2.45) is 0 Å². The normalized spacial score (nSPS) is 18.3. The lowest BCUT2D eigenvalue weighted by Gasteiger charge is -2.25. The SMILES string of the molecule is Nc1cc(N2CCCCCCC2)ncn1. The van der Waals surface area contributed by atoms with Gasteiger partial charge in [0.25, 0.3) is 0 Å². The van der Waals surface area contributed by atoms with Crippen LogP contribution in [0, 0.1) is 0 Å². The lowest BCUT2D eigenvalue weighted by atomic mass is 10.1. The maximum absolute atomic E-state index is 5.66. The van der Waals surface area contributed by atoms with Gasteiger partial charge < -0.3 is 10.6 Å². The van der Waals surface area contributed by atoms with Gasteiger partial charge in [-0.1, -0.05) is 19.3 Å². The summed E-state index contributed by atoms with van der Waals surface area (Å²) in [6.45, 7) is 2.19. The molecule has 0 bridgehead atoms. The van der Waals surface area contributed by atoms with E-state index in [-0.39, 0.29) is 0 Å². The van der Waals surface area contributed by atoms with Gasteiger partial charge in [-0.3, -0.25) is 0 Å². The van der Waals surface area contributed by atoms with Crippen LogP contribution >= 0.6 is 0 Å². The Labute approximate surface area is 90.5 Å². The Morgan fingerprint density at radius 3 is 2.33 bits per heavy atom. The van der Waals surface area contributed by atoms with Crippen LogP contribution in [0.3, 0.4) is 0 Å². The topological polar surface area (TPSA) is 55.0 Å². The van der Waals surface area contributed by atoms with Crippen LogP contribution in [0.15, 0.2) is 12.4 Å². The molecule has 0 spiro atoms. The molecule has 1 aliphatic rings. The molecule has 2 rings (SSSR count). The quantitative estimate of drug-likeness (QED) is 0.761. The highest BCUT2D eigenvalue weighted by atomic mass is 15.2. The molecule has 0 radical (unpaired) electrons. The van der Waals surface area contributed by atoms with Crippen LogP contribution < -0.4 is 10.6 Å². The summed E-state index contributed by atoms with van der Waals surface area (Å²) in [7, 11) is 0. The van der Waals surface area contributed by atoms with E-state index in [4.69, 9.17) is 5.73 Å². The number of nitrogen functional groups attached to an aromatic ring is 1. The van der Waals surface area contributed by atoms with Gasteiger partial charge in [-0.15, -0.1) is 0 Å². The number of aromatic nitrogens is 2. The fraction of sp³-hybridized carbons (Fsp3) is 0.636. The van der Waals surface area contributed by atoms with Gasteiger partial charge in [0, 0.05) is 19.2 Å². The van der Waals surface area contributed by atoms with E-state index in [1.165, 1.54) is 32.1 Å². The summed E-state index contributed by atoms with van der Waals surface area (Å²) in [5.74, 6) is 1.53. The summed E-state index contributed by atoms with van der Waals surface area (Å²) in [6, 6.07) is 1.86. The first-order valence-corrected chi connectivity index (χ1v) is 5.69. The summed E-state index contributed by atoms with van der Waals surface area (Å²) in [6.07, 6.45) is 8.09. The summed E-state index contributed by atoms with van der Waals surface area (Å²) >= 11 is 0. The number of anilines is 2. The lowest BCUT2D eigenvalue weighted by Crippen LogP contribution is -2.27. The number of nitrogens with two attached hydrogens (primary N) is 1. The lowest BCUT2D eigenvalue weighted by molar-refractivity contribution is 0.553. The molecule has 2 heterocycles. The van der Waals surface area contributed by atoms with Crippen molar-refractivity contribution >= 4 is 11.6 Å². The van der Waals surface area contributed by atoms with Crippen LogP contribution in [-0.2, 0) is 0 Å². The largest absolute Gasteiger partial charge is 0.384 e. The third-order valence-corrected chi connectivity index (χ3v) is 2.85. The molecular formula is C11H18N4.